The molecule has 0 bridgehead atoms. The van der Waals surface area contributed by atoms with Crippen LogP contribution in [0.25, 0.3) is 0 Å². The summed E-state index contributed by atoms with van der Waals surface area (Å²) in [5.74, 6) is -2.07. The third kappa shape index (κ3) is 1.88. The number of carboxylic acids is 1. The van der Waals surface area contributed by atoms with Crippen molar-refractivity contribution in [2.75, 3.05) is 11.4 Å². The van der Waals surface area contributed by atoms with Crippen LogP contribution in [0.3, 0.4) is 0 Å². The smallest absolute Gasteiger partial charge is 0.309 e. The summed E-state index contributed by atoms with van der Waals surface area (Å²) in [6.07, 6.45) is 0. The molecule has 0 saturated carbocycles. The molecule has 4 heteroatoms. The highest BCUT2D eigenvalue weighted by Gasteiger charge is 2.42. The van der Waals surface area contributed by atoms with Crippen LogP contribution in [-0.4, -0.2) is 23.5 Å². The predicted molar refractivity (Wildman–Crippen MR) is 68.6 cm³/mol. The molecule has 1 aliphatic rings. The molecular formula is C14H17NO3. The lowest BCUT2D eigenvalue weighted by Crippen LogP contribution is -2.27. The van der Waals surface area contributed by atoms with Gasteiger partial charge in [-0.2, -0.15) is 0 Å². The molecule has 1 saturated heterocycles. The SMILES string of the molecule is Cc1cccc(C)c1N1CC(C(=O)O)C(C)C1=O. The number of anilines is 1. The van der Waals surface area contributed by atoms with Crippen LogP contribution in [0, 0.1) is 25.7 Å². The molecule has 1 aromatic rings. The van der Waals surface area contributed by atoms with Crippen molar-refractivity contribution in [2.45, 2.75) is 20.8 Å². The van der Waals surface area contributed by atoms with Crippen molar-refractivity contribution in [1.82, 2.24) is 0 Å². The molecule has 1 heterocycles. The molecule has 1 N–H and O–H groups in total. The maximum absolute atomic E-state index is 12.2. The molecule has 0 aliphatic carbocycles. The van der Waals surface area contributed by atoms with Crippen LogP contribution in [0.4, 0.5) is 5.69 Å². The summed E-state index contributed by atoms with van der Waals surface area (Å²) in [7, 11) is 0. The fourth-order valence-corrected chi connectivity index (χ4v) is 2.59. The van der Waals surface area contributed by atoms with Crippen molar-refractivity contribution >= 4 is 17.6 Å². The van der Waals surface area contributed by atoms with E-state index in [0.717, 1.165) is 16.8 Å². The van der Waals surface area contributed by atoms with Crippen LogP contribution in [0.15, 0.2) is 18.2 Å². The van der Waals surface area contributed by atoms with E-state index in [4.69, 9.17) is 5.11 Å². The van der Waals surface area contributed by atoms with Gasteiger partial charge in [-0.3, -0.25) is 9.59 Å². The van der Waals surface area contributed by atoms with Crippen molar-refractivity contribution in [2.24, 2.45) is 11.8 Å². The first kappa shape index (κ1) is 12.6. The minimum Gasteiger partial charge on any atom is -0.481 e. The lowest BCUT2D eigenvalue weighted by Gasteiger charge is -2.21. The summed E-state index contributed by atoms with van der Waals surface area (Å²) in [5, 5.41) is 9.13. The maximum atomic E-state index is 12.2. The van der Waals surface area contributed by atoms with Gasteiger partial charge in [0.05, 0.1) is 11.8 Å². The zero-order valence-electron chi connectivity index (χ0n) is 10.8. The number of carbonyl (C=O) groups is 2. The highest BCUT2D eigenvalue weighted by Crippen LogP contribution is 2.33. The normalized spacial score (nSPS) is 23.5. The average molecular weight is 247 g/mol. The Balaban J connectivity index is 2.41. The number of nitrogens with zero attached hydrogens (tertiary/aromatic N) is 1. The number of carbonyl (C=O) groups excluding carboxylic acids is 1. The van der Waals surface area contributed by atoms with Crippen molar-refractivity contribution < 1.29 is 14.7 Å². The van der Waals surface area contributed by atoms with Crippen LogP contribution in [0.2, 0.25) is 0 Å². The lowest BCUT2D eigenvalue weighted by atomic mass is 9.98. The highest BCUT2D eigenvalue weighted by atomic mass is 16.4. The van der Waals surface area contributed by atoms with E-state index in [2.05, 4.69) is 0 Å². The Morgan fingerprint density at radius 3 is 2.33 bits per heavy atom. The van der Waals surface area contributed by atoms with E-state index in [1.165, 1.54) is 0 Å². The van der Waals surface area contributed by atoms with Gasteiger partial charge in [0.1, 0.15) is 0 Å². The average Bonchev–Trinajstić information content (AvgIpc) is 2.57. The third-order valence-corrected chi connectivity index (χ3v) is 3.66. The van der Waals surface area contributed by atoms with Gasteiger partial charge in [0.25, 0.3) is 0 Å². The Kier molecular flexibility index (Phi) is 3.11. The second-order valence-electron chi connectivity index (χ2n) is 4.92. The zero-order chi connectivity index (χ0) is 13.4. The van der Waals surface area contributed by atoms with E-state index in [0.29, 0.717) is 0 Å². The molecule has 1 fully saturated rings. The van der Waals surface area contributed by atoms with Crippen molar-refractivity contribution in [3.05, 3.63) is 29.3 Å². The zero-order valence-corrected chi connectivity index (χ0v) is 10.8. The summed E-state index contributed by atoms with van der Waals surface area (Å²) in [5.41, 5.74) is 2.86. The molecule has 2 rings (SSSR count). The van der Waals surface area contributed by atoms with Gasteiger partial charge in [0.2, 0.25) is 5.91 Å². The number of aryl methyl sites for hydroxylation is 2. The predicted octanol–water partition coefficient (Wildman–Crippen LogP) is 1.99. The first-order valence-electron chi connectivity index (χ1n) is 6.04. The van der Waals surface area contributed by atoms with Crippen LogP contribution in [-0.2, 0) is 9.59 Å². The van der Waals surface area contributed by atoms with Gasteiger partial charge < -0.3 is 10.0 Å². The Hall–Kier alpha value is -1.84. The number of para-hydroxylation sites is 1. The topological polar surface area (TPSA) is 57.6 Å². The Morgan fingerprint density at radius 2 is 1.89 bits per heavy atom. The first-order chi connectivity index (χ1) is 8.43. The molecule has 0 aromatic heterocycles. The van der Waals surface area contributed by atoms with Crippen LogP contribution >= 0.6 is 0 Å². The second-order valence-corrected chi connectivity index (χ2v) is 4.92. The highest BCUT2D eigenvalue weighted by molar-refractivity contribution is 6.01. The van der Waals surface area contributed by atoms with E-state index in [1.54, 1.807) is 11.8 Å². The molecule has 96 valence electrons. The first-order valence-corrected chi connectivity index (χ1v) is 6.04. The molecule has 1 amide bonds. The molecular weight excluding hydrogens is 230 g/mol. The van der Waals surface area contributed by atoms with E-state index < -0.39 is 17.8 Å². The number of amides is 1. The second kappa shape index (κ2) is 4.44. The molecule has 1 aliphatic heterocycles. The standard InChI is InChI=1S/C14H17NO3/c1-8-5-4-6-9(2)12(8)15-7-11(14(17)18)10(3)13(15)16/h4-6,10-11H,7H2,1-3H3,(H,17,18). The lowest BCUT2D eigenvalue weighted by molar-refractivity contribution is -0.143. The van der Waals surface area contributed by atoms with Gasteiger partial charge in [0, 0.05) is 12.2 Å². The van der Waals surface area contributed by atoms with E-state index in [-0.39, 0.29) is 12.5 Å². The minimum atomic E-state index is -0.899. The van der Waals surface area contributed by atoms with Crippen molar-refractivity contribution in [3.63, 3.8) is 0 Å². The van der Waals surface area contributed by atoms with Gasteiger partial charge in [-0.1, -0.05) is 25.1 Å². The summed E-state index contributed by atoms with van der Waals surface area (Å²) in [4.78, 5) is 24.9. The van der Waals surface area contributed by atoms with E-state index in [9.17, 15) is 9.59 Å². The van der Waals surface area contributed by atoms with Gasteiger partial charge in [-0.05, 0) is 25.0 Å². The van der Waals surface area contributed by atoms with Crippen molar-refractivity contribution in [3.8, 4) is 0 Å². The monoisotopic (exact) mass is 247 g/mol. The number of rotatable bonds is 2. The number of carboxylic acid groups (broad SMARTS) is 1. The van der Waals surface area contributed by atoms with Crippen LogP contribution < -0.4 is 4.90 Å². The molecule has 2 unspecified atom stereocenters. The maximum Gasteiger partial charge on any atom is 0.309 e. The van der Waals surface area contributed by atoms with Gasteiger partial charge in [-0.15, -0.1) is 0 Å². The van der Waals surface area contributed by atoms with Gasteiger partial charge >= 0.3 is 5.97 Å². The Bertz CT molecular complexity index is 490. The van der Waals surface area contributed by atoms with E-state index in [1.807, 2.05) is 32.0 Å². The fourth-order valence-electron chi connectivity index (χ4n) is 2.59. The fraction of sp³-hybridized carbons (Fsp3) is 0.429. The summed E-state index contributed by atoms with van der Waals surface area (Å²) < 4.78 is 0. The molecule has 2 atom stereocenters. The largest absolute Gasteiger partial charge is 0.481 e. The van der Waals surface area contributed by atoms with Gasteiger partial charge in [0.15, 0.2) is 0 Å². The Labute approximate surface area is 106 Å². The van der Waals surface area contributed by atoms with Crippen molar-refractivity contribution in [1.29, 1.82) is 0 Å². The summed E-state index contributed by atoms with van der Waals surface area (Å²) in [6, 6.07) is 5.82. The number of hydrogen-bond acceptors (Lipinski definition) is 2. The number of aliphatic carboxylic acids is 1. The van der Waals surface area contributed by atoms with Crippen LogP contribution in [0.5, 0.6) is 0 Å². The third-order valence-electron chi connectivity index (χ3n) is 3.66. The quantitative estimate of drug-likeness (QED) is 0.869. The minimum absolute atomic E-state index is 0.0974. The number of hydrogen-bond donors (Lipinski definition) is 1. The Morgan fingerprint density at radius 1 is 1.33 bits per heavy atom. The summed E-state index contributed by atoms with van der Waals surface area (Å²) >= 11 is 0. The molecule has 1 aromatic carbocycles. The summed E-state index contributed by atoms with van der Waals surface area (Å²) in [6.45, 7) is 5.83. The molecule has 0 radical (unpaired) electrons. The van der Waals surface area contributed by atoms with Crippen LogP contribution in [0.1, 0.15) is 18.1 Å². The van der Waals surface area contributed by atoms with E-state index >= 15 is 0 Å². The molecule has 4 nitrogen and oxygen atoms in total. The molecule has 18 heavy (non-hydrogen) atoms. The van der Waals surface area contributed by atoms with Gasteiger partial charge in [-0.25, -0.2) is 0 Å². The number of benzene rings is 1. The molecule has 0 spiro atoms.